The van der Waals surface area contributed by atoms with Gasteiger partial charge < -0.3 is 14.5 Å². The number of fused-ring (bicyclic) bond motifs is 1. The van der Waals surface area contributed by atoms with Crippen molar-refractivity contribution in [3.05, 3.63) is 40.1 Å². The first-order valence-electron chi connectivity index (χ1n) is 8.75. The molecule has 0 aliphatic rings. The van der Waals surface area contributed by atoms with Crippen molar-refractivity contribution < 1.29 is 28.8 Å². The molecule has 2 aromatic rings. The standard InChI is InChI=1S/C19H23N3O7/c1-18(2,3)28-16(24)21(17(25)29-19(4,5)6)15(23)13-10-20-14-9-11(22(26)27)7-8-12(13)14/h7-10,20H,1-6H3. The highest BCUT2D eigenvalue weighted by atomic mass is 16.6. The fourth-order valence-electron chi connectivity index (χ4n) is 2.38. The lowest BCUT2D eigenvalue weighted by molar-refractivity contribution is -0.384. The van der Waals surface area contributed by atoms with Crippen LogP contribution in [0.4, 0.5) is 15.3 Å². The lowest BCUT2D eigenvalue weighted by atomic mass is 10.1. The molecule has 1 aromatic carbocycles. The van der Waals surface area contributed by atoms with Crippen molar-refractivity contribution in [2.24, 2.45) is 0 Å². The van der Waals surface area contributed by atoms with Gasteiger partial charge in [-0.15, -0.1) is 4.90 Å². The van der Waals surface area contributed by atoms with E-state index >= 15 is 0 Å². The van der Waals surface area contributed by atoms with E-state index in [1.807, 2.05) is 0 Å². The molecule has 29 heavy (non-hydrogen) atoms. The van der Waals surface area contributed by atoms with Crippen LogP contribution in [0.2, 0.25) is 0 Å². The molecule has 0 unspecified atom stereocenters. The Balaban J connectivity index is 2.48. The van der Waals surface area contributed by atoms with Crippen LogP contribution in [0, 0.1) is 10.1 Å². The quantitative estimate of drug-likeness (QED) is 0.579. The number of H-pyrrole nitrogens is 1. The zero-order valence-corrected chi connectivity index (χ0v) is 17.1. The van der Waals surface area contributed by atoms with Gasteiger partial charge in [-0.1, -0.05) is 0 Å². The van der Waals surface area contributed by atoms with Gasteiger partial charge in [-0.25, -0.2) is 9.59 Å². The lowest BCUT2D eigenvalue weighted by Crippen LogP contribution is -2.46. The molecule has 0 saturated carbocycles. The number of hydrogen-bond acceptors (Lipinski definition) is 7. The molecule has 1 aromatic heterocycles. The molecular formula is C19H23N3O7. The monoisotopic (exact) mass is 405 g/mol. The van der Waals surface area contributed by atoms with Crippen molar-refractivity contribution in [1.82, 2.24) is 9.88 Å². The lowest BCUT2D eigenvalue weighted by Gasteiger charge is -2.27. The summed E-state index contributed by atoms with van der Waals surface area (Å²) in [7, 11) is 0. The van der Waals surface area contributed by atoms with Crippen molar-refractivity contribution in [2.75, 3.05) is 0 Å². The maximum Gasteiger partial charge on any atom is 0.427 e. The number of ether oxygens (including phenoxy) is 2. The summed E-state index contributed by atoms with van der Waals surface area (Å²) in [5.74, 6) is -0.978. The molecule has 0 saturated heterocycles. The average molecular weight is 405 g/mol. The van der Waals surface area contributed by atoms with Gasteiger partial charge in [-0.3, -0.25) is 14.9 Å². The Morgan fingerprint density at radius 1 is 1.00 bits per heavy atom. The van der Waals surface area contributed by atoms with Crippen LogP contribution in [0.1, 0.15) is 51.9 Å². The number of carbonyl (C=O) groups excluding carboxylic acids is 3. The van der Waals surface area contributed by atoms with Crippen LogP contribution in [0.3, 0.4) is 0 Å². The number of nitrogens with zero attached hydrogens (tertiary/aromatic N) is 2. The fraction of sp³-hybridized carbons (Fsp3) is 0.421. The predicted molar refractivity (Wildman–Crippen MR) is 104 cm³/mol. The van der Waals surface area contributed by atoms with E-state index in [2.05, 4.69) is 4.98 Å². The zero-order valence-electron chi connectivity index (χ0n) is 17.1. The predicted octanol–water partition coefficient (Wildman–Crippen LogP) is 4.39. The molecule has 156 valence electrons. The number of non-ortho nitro benzene ring substituents is 1. The molecule has 3 amide bonds. The molecule has 0 aliphatic heterocycles. The zero-order chi connectivity index (χ0) is 22.1. The normalized spacial score (nSPS) is 11.8. The molecule has 2 rings (SSSR count). The van der Waals surface area contributed by atoms with E-state index in [4.69, 9.17) is 9.47 Å². The van der Waals surface area contributed by atoms with Crippen LogP contribution in [0.25, 0.3) is 10.9 Å². The Morgan fingerprint density at radius 3 is 1.97 bits per heavy atom. The number of aromatic amines is 1. The van der Waals surface area contributed by atoms with E-state index < -0.39 is 34.2 Å². The molecule has 1 heterocycles. The van der Waals surface area contributed by atoms with Gasteiger partial charge in [0.1, 0.15) is 11.2 Å². The van der Waals surface area contributed by atoms with Crippen molar-refractivity contribution in [1.29, 1.82) is 0 Å². The molecule has 0 atom stereocenters. The molecule has 1 N–H and O–H groups in total. The second kappa shape index (κ2) is 7.53. The summed E-state index contributed by atoms with van der Waals surface area (Å²) in [6.45, 7) is 9.54. The third-order valence-corrected chi connectivity index (χ3v) is 3.46. The third-order valence-electron chi connectivity index (χ3n) is 3.46. The van der Waals surface area contributed by atoms with Crippen molar-refractivity contribution in [2.45, 2.75) is 52.7 Å². The van der Waals surface area contributed by atoms with Crippen LogP contribution in [-0.2, 0) is 9.47 Å². The first kappa shape index (κ1) is 21.9. The summed E-state index contributed by atoms with van der Waals surface area (Å²) in [6.07, 6.45) is -1.11. The Labute approximate surface area is 166 Å². The average Bonchev–Trinajstić information content (AvgIpc) is 2.94. The van der Waals surface area contributed by atoms with Crippen molar-refractivity contribution in [3.63, 3.8) is 0 Å². The van der Waals surface area contributed by atoms with E-state index in [-0.39, 0.29) is 16.2 Å². The summed E-state index contributed by atoms with van der Waals surface area (Å²) in [5, 5.41) is 11.2. The first-order chi connectivity index (χ1) is 13.2. The first-order valence-corrected chi connectivity index (χ1v) is 8.75. The van der Waals surface area contributed by atoms with Crippen LogP contribution in [-0.4, -0.2) is 44.1 Å². The van der Waals surface area contributed by atoms with Gasteiger partial charge in [0.15, 0.2) is 0 Å². The number of rotatable bonds is 2. The minimum Gasteiger partial charge on any atom is -0.443 e. The van der Waals surface area contributed by atoms with E-state index in [1.54, 1.807) is 41.5 Å². The van der Waals surface area contributed by atoms with Gasteiger partial charge >= 0.3 is 12.2 Å². The Bertz CT molecular complexity index is 952. The van der Waals surface area contributed by atoms with Gasteiger partial charge in [0, 0.05) is 23.7 Å². The third kappa shape index (κ3) is 5.31. The summed E-state index contributed by atoms with van der Waals surface area (Å²) >= 11 is 0. The molecule has 0 aliphatic carbocycles. The number of imide groups is 3. The molecular weight excluding hydrogens is 382 g/mol. The molecule has 10 nitrogen and oxygen atoms in total. The number of carbonyl (C=O) groups is 3. The summed E-state index contributed by atoms with van der Waals surface area (Å²) in [4.78, 5) is 51.6. The molecule has 0 spiro atoms. The van der Waals surface area contributed by atoms with Gasteiger partial charge in [0.05, 0.1) is 16.0 Å². The SMILES string of the molecule is CC(C)(C)OC(=O)N(C(=O)OC(C)(C)C)C(=O)c1c[nH]c2cc([N+](=O)[O-])ccc12. The van der Waals surface area contributed by atoms with Crippen molar-refractivity contribution >= 4 is 34.7 Å². The molecule has 10 heteroatoms. The highest BCUT2D eigenvalue weighted by molar-refractivity contribution is 6.18. The Kier molecular flexibility index (Phi) is 5.68. The summed E-state index contributed by atoms with van der Waals surface area (Å²) in [5.41, 5.74) is -1.83. The second-order valence-corrected chi connectivity index (χ2v) is 8.29. The maximum absolute atomic E-state index is 13.1. The number of nitrogens with one attached hydrogen (secondary N) is 1. The minimum atomic E-state index is -1.19. The molecule has 0 bridgehead atoms. The minimum absolute atomic E-state index is 0.0355. The molecule has 0 fully saturated rings. The number of amides is 3. The van der Waals surface area contributed by atoms with Gasteiger partial charge in [0.25, 0.3) is 11.6 Å². The number of aromatic nitrogens is 1. The largest absolute Gasteiger partial charge is 0.443 e. The fourth-order valence-corrected chi connectivity index (χ4v) is 2.38. The van der Waals surface area contributed by atoms with Crippen LogP contribution < -0.4 is 0 Å². The highest BCUT2D eigenvalue weighted by Gasteiger charge is 2.37. The number of benzene rings is 1. The van der Waals surface area contributed by atoms with Crippen LogP contribution in [0.5, 0.6) is 0 Å². The summed E-state index contributed by atoms with van der Waals surface area (Å²) in [6, 6.07) is 3.83. The number of nitro groups is 1. The van der Waals surface area contributed by atoms with Gasteiger partial charge in [-0.2, -0.15) is 0 Å². The van der Waals surface area contributed by atoms with E-state index in [1.165, 1.54) is 24.4 Å². The summed E-state index contributed by atoms with van der Waals surface area (Å²) < 4.78 is 10.4. The van der Waals surface area contributed by atoms with Crippen LogP contribution >= 0.6 is 0 Å². The second-order valence-electron chi connectivity index (χ2n) is 8.29. The van der Waals surface area contributed by atoms with E-state index in [9.17, 15) is 24.5 Å². The highest BCUT2D eigenvalue weighted by Crippen LogP contribution is 2.25. The topological polar surface area (TPSA) is 132 Å². The van der Waals surface area contributed by atoms with Crippen molar-refractivity contribution in [3.8, 4) is 0 Å². The number of nitro benzene ring substituents is 1. The van der Waals surface area contributed by atoms with E-state index in [0.29, 0.717) is 10.9 Å². The number of hydrogen-bond donors (Lipinski definition) is 1. The Hall–Kier alpha value is -3.43. The Morgan fingerprint density at radius 2 is 1.52 bits per heavy atom. The smallest absolute Gasteiger partial charge is 0.427 e. The molecule has 0 radical (unpaired) electrons. The maximum atomic E-state index is 13.1. The van der Waals surface area contributed by atoms with Crippen LogP contribution in [0.15, 0.2) is 24.4 Å². The van der Waals surface area contributed by atoms with Gasteiger partial charge in [0.2, 0.25) is 0 Å². The van der Waals surface area contributed by atoms with Gasteiger partial charge in [-0.05, 0) is 47.6 Å². The van der Waals surface area contributed by atoms with E-state index in [0.717, 1.165) is 0 Å².